The van der Waals surface area contributed by atoms with Gasteiger partial charge in [0.05, 0.1) is 22.0 Å². The highest BCUT2D eigenvalue weighted by molar-refractivity contribution is 7.92. The lowest BCUT2D eigenvalue weighted by molar-refractivity contribution is -0.141. The fraction of sp³-hybridized carbons (Fsp3) is 0.440. The monoisotopic (exact) mass is 575 g/mol. The van der Waals surface area contributed by atoms with Crippen LogP contribution in [0.2, 0.25) is 15.1 Å². The number of amides is 2. The normalized spacial score (nSPS) is 12.2. The Morgan fingerprint density at radius 2 is 1.72 bits per heavy atom. The Labute approximate surface area is 228 Å². The third-order valence-corrected chi connectivity index (χ3v) is 8.06. The molecule has 1 atom stereocenters. The Morgan fingerprint density at radius 3 is 2.31 bits per heavy atom. The molecule has 0 aromatic heterocycles. The summed E-state index contributed by atoms with van der Waals surface area (Å²) in [4.78, 5) is 27.7. The smallest absolute Gasteiger partial charge is 0.242 e. The van der Waals surface area contributed by atoms with Gasteiger partial charge in [-0.2, -0.15) is 0 Å². The van der Waals surface area contributed by atoms with Gasteiger partial charge in [0.25, 0.3) is 0 Å². The molecule has 0 aliphatic carbocycles. The van der Waals surface area contributed by atoms with Crippen LogP contribution in [0.1, 0.15) is 44.2 Å². The number of hydrogen-bond donors (Lipinski definition) is 1. The zero-order valence-electron chi connectivity index (χ0n) is 20.9. The second kappa shape index (κ2) is 13.5. The van der Waals surface area contributed by atoms with Crippen molar-refractivity contribution in [1.29, 1.82) is 0 Å². The third kappa shape index (κ3) is 8.00. The highest BCUT2D eigenvalue weighted by atomic mass is 35.5. The molecule has 0 saturated heterocycles. The van der Waals surface area contributed by atoms with Crippen LogP contribution in [0.25, 0.3) is 0 Å². The van der Waals surface area contributed by atoms with Crippen LogP contribution in [0.4, 0.5) is 5.69 Å². The zero-order chi connectivity index (χ0) is 27.0. The molecule has 0 aliphatic heterocycles. The van der Waals surface area contributed by atoms with Gasteiger partial charge in [0.15, 0.2) is 0 Å². The van der Waals surface area contributed by atoms with Crippen molar-refractivity contribution in [1.82, 2.24) is 10.2 Å². The number of carbonyl (C=O) groups excluding carboxylic acids is 2. The molecule has 2 amide bonds. The van der Waals surface area contributed by atoms with Gasteiger partial charge in [0, 0.05) is 31.1 Å². The predicted octanol–water partition coefficient (Wildman–Crippen LogP) is 5.44. The van der Waals surface area contributed by atoms with Gasteiger partial charge in [0.2, 0.25) is 21.8 Å². The zero-order valence-corrected chi connectivity index (χ0v) is 23.9. The number of hydrogen-bond acceptors (Lipinski definition) is 4. The molecule has 1 N–H and O–H groups in total. The van der Waals surface area contributed by atoms with E-state index in [0.29, 0.717) is 39.3 Å². The molecule has 7 nitrogen and oxygen atoms in total. The molecular formula is C25H32Cl3N3O4S. The van der Waals surface area contributed by atoms with E-state index in [1.54, 1.807) is 43.3 Å². The van der Waals surface area contributed by atoms with Gasteiger partial charge in [-0.05, 0) is 62.1 Å². The lowest BCUT2D eigenvalue weighted by atomic mass is 10.1. The van der Waals surface area contributed by atoms with Crippen LogP contribution in [0, 0.1) is 6.92 Å². The Hall–Kier alpha value is -2.00. The summed E-state index contributed by atoms with van der Waals surface area (Å²) in [5, 5.41) is 3.99. The number of anilines is 1. The molecule has 0 spiro atoms. The molecule has 2 rings (SSSR count). The van der Waals surface area contributed by atoms with Gasteiger partial charge in [-0.3, -0.25) is 13.9 Å². The summed E-state index contributed by atoms with van der Waals surface area (Å²) < 4.78 is 26.3. The molecule has 198 valence electrons. The lowest BCUT2D eigenvalue weighted by Crippen LogP contribution is -2.49. The fourth-order valence-corrected chi connectivity index (χ4v) is 5.40. The summed E-state index contributed by atoms with van der Waals surface area (Å²) in [5.41, 5.74) is 1.84. The summed E-state index contributed by atoms with van der Waals surface area (Å²) in [6, 6.07) is 9.44. The van der Waals surface area contributed by atoms with E-state index >= 15 is 0 Å². The number of nitrogens with one attached hydrogen (secondary N) is 1. The van der Waals surface area contributed by atoms with Gasteiger partial charge in [-0.15, -0.1) is 0 Å². The quantitative estimate of drug-likeness (QED) is 0.364. The highest BCUT2D eigenvalue weighted by Crippen LogP contribution is 2.29. The molecule has 11 heteroatoms. The second-order valence-electron chi connectivity index (χ2n) is 8.41. The van der Waals surface area contributed by atoms with Gasteiger partial charge in [-0.25, -0.2) is 8.42 Å². The average Bonchev–Trinajstić information content (AvgIpc) is 2.80. The Kier molecular flexibility index (Phi) is 11.3. The first kappa shape index (κ1) is 30.2. The molecule has 36 heavy (non-hydrogen) atoms. The SMILES string of the molecule is CCNC(=O)[C@H](CC)N(Cc1ccc(Cl)c(Cl)c1)C(=O)CCCN(c1cccc(Cl)c1C)S(C)(=O)=O. The maximum Gasteiger partial charge on any atom is 0.242 e. The molecule has 0 radical (unpaired) electrons. The predicted molar refractivity (Wildman–Crippen MR) is 147 cm³/mol. The first-order valence-corrected chi connectivity index (χ1v) is 14.6. The minimum Gasteiger partial charge on any atom is -0.355 e. The topological polar surface area (TPSA) is 86.8 Å². The van der Waals surface area contributed by atoms with Crippen LogP contribution in [0.3, 0.4) is 0 Å². The van der Waals surface area contributed by atoms with Crippen LogP contribution in [-0.4, -0.2) is 50.5 Å². The summed E-state index contributed by atoms with van der Waals surface area (Å²) in [6.45, 7) is 6.08. The number of nitrogens with zero attached hydrogens (tertiary/aromatic N) is 2. The largest absolute Gasteiger partial charge is 0.355 e. The minimum absolute atomic E-state index is 0.0445. The fourth-order valence-electron chi connectivity index (χ4n) is 3.89. The van der Waals surface area contributed by atoms with E-state index in [-0.39, 0.29) is 37.7 Å². The van der Waals surface area contributed by atoms with Crippen LogP contribution in [0.15, 0.2) is 36.4 Å². The molecule has 0 unspecified atom stereocenters. The van der Waals surface area contributed by atoms with Gasteiger partial charge in [-0.1, -0.05) is 53.9 Å². The molecule has 0 fully saturated rings. The first-order valence-electron chi connectivity index (χ1n) is 11.6. The highest BCUT2D eigenvalue weighted by Gasteiger charge is 2.29. The Balaban J connectivity index is 2.26. The van der Waals surface area contributed by atoms with E-state index in [9.17, 15) is 18.0 Å². The number of sulfonamides is 1. The van der Waals surface area contributed by atoms with Gasteiger partial charge >= 0.3 is 0 Å². The number of halogens is 3. The molecule has 0 aliphatic rings. The summed E-state index contributed by atoms with van der Waals surface area (Å²) in [5.74, 6) is -0.517. The van der Waals surface area contributed by atoms with Crippen molar-refractivity contribution >= 4 is 62.3 Å². The molecule has 2 aromatic carbocycles. The number of carbonyl (C=O) groups is 2. The second-order valence-corrected chi connectivity index (χ2v) is 11.5. The van der Waals surface area contributed by atoms with Crippen LogP contribution < -0.4 is 9.62 Å². The molecule has 2 aromatic rings. The van der Waals surface area contributed by atoms with Gasteiger partial charge in [0.1, 0.15) is 6.04 Å². The van der Waals surface area contributed by atoms with Crippen molar-refractivity contribution < 1.29 is 18.0 Å². The van der Waals surface area contributed by atoms with Crippen LogP contribution in [0.5, 0.6) is 0 Å². The maximum absolute atomic E-state index is 13.4. The summed E-state index contributed by atoms with van der Waals surface area (Å²) in [7, 11) is -3.62. The van der Waals surface area contributed by atoms with Crippen molar-refractivity contribution in [2.45, 2.75) is 52.6 Å². The molecule has 0 saturated carbocycles. The molecule has 0 heterocycles. The van der Waals surface area contributed by atoms with Crippen molar-refractivity contribution in [3.8, 4) is 0 Å². The van der Waals surface area contributed by atoms with E-state index in [2.05, 4.69) is 5.32 Å². The lowest BCUT2D eigenvalue weighted by Gasteiger charge is -2.31. The maximum atomic E-state index is 13.4. The average molecular weight is 577 g/mol. The van der Waals surface area contributed by atoms with E-state index in [1.807, 2.05) is 13.8 Å². The van der Waals surface area contributed by atoms with E-state index < -0.39 is 16.1 Å². The first-order chi connectivity index (χ1) is 16.9. The van der Waals surface area contributed by atoms with Gasteiger partial charge < -0.3 is 10.2 Å². The van der Waals surface area contributed by atoms with E-state index in [1.165, 1.54) is 9.21 Å². The van der Waals surface area contributed by atoms with Crippen molar-refractivity contribution in [2.24, 2.45) is 0 Å². The van der Waals surface area contributed by atoms with E-state index in [4.69, 9.17) is 34.8 Å². The summed E-state index contributed by atoms with van der Waals surface area (Å²) >= 11 is 18.4. The standard InChI is InChI=1S/C25H32Cl3N3O4S/c1-5-22(25(33)29-6-2)30(16-18-12-13-20(27)21(28)15-18)24(32)11-8-14-31(36(4,34)35)23-10-7-9-19(26)17(23)3/h7,9-10,12-13,15,22H,5-6,8,11,14,16H2,1-4H3,(H,29,33)/t22-/m0/s1. The Bertz CT molecular complexity index is 1190. The molecular weight excluding hydrogens is 545 g/mol. The Morgan fingerprint density at radius 1 is 1.03 bits per heavy atom. The molecule has 0 bridgehead atoms. The minimum atomic E-state index is -3.62. The van der Waals surface area contributed by atoms with Crippen LogP contribution in [-0.2, 0) is 26.2 Å². The number of benzene rings is 2. The van der Waals surface area contributed by atoms with Crippen molar-refractivity contribution in [3.63, 3.8) is 0 Å². The van der Waals surface area contributed by atoms with Crippen molar-refractivity contribution in [2.75, 3.05) is 23.7 Å². The summed E-state index contributed by atoms with van der Waals surface area (Å²) in [6.07, 6.45) is 1.83. The van der Waals surface area contributed by atoms with E-state index in [0.717, 1.165) is 11.8 Å². The number of likely N-dealkylation sites (N-methyl/N-ethyl adjacent to an activating group) is 1. The van der Waals surface area contributed by atoms with Crippen LogP contribution >= 0.6 is 34.8 Å². The van der Waals surface area contributed by atoms with Crippen molar-refractivity contribution in [3.05, 3.63) is 62.6 Å². The number of rotatable bonds is 12. The third-order valence-electron chi connectivity index (χ3n) is 5.73.